The highest BCUT2D eigenvalue weighted by molar-refractivity contribution is 5.01. The van der Waals surface area contributed by atoms with Gasteiger partial charge in [-0.1, -0.05) is 19.1 Å². The fourth-order valence-electron chi connectivity index (χ4n) is 1.93. The summed E-state index contributed by atoms with van der Waals surface area (Å²) in [4.78, 5) is 0. The lowest BCUT2D eigenvalue weighted by Gasteiger charge is -2.31. The second-order valence-corrected chi connectivity index (χ2v) is 3.94. The van der Waals surface area contributed by atoms with Crippen molar-refractivity contribution in [3.05, 3.63) is 12.2 Å². The molecule has 0 aliphatic heterocycles. The van der Waals surface area contributed by atoms with E-state index in [2.05, 4.69) is 13.5 Å². The molecule has 3 atom stereocenters. The lowest BCUT2D eigenvalue weighted by molar-refractivity contribution is 0.0656. The van der Waals surface area contributed by atoms with Crippen molar-refractivity contribution >= 4 is 0 Å². The predicted molar refractivity (Wildman–Crippen MR) is 47.3 cm³/mol. The number of hydrogen-bond acceptors (Lipinski definition) is 1. The molecule has 1 heteroatoms. The highest BCUT2D eigenvalue weighted by atomic mass is 16.3. The van der Waals surface area contributed by atoms with Gasteiger partial charge in [0, 0.05) is 5.92 Å². The molecule has 1 rings (SSSR count). The molecule has 1 N–H and O–H groups in total. The van der Waals surface area contributed by atoms with Gasteiger partial charge in [0.1, 0.15) is 0 Å². The molecule has 1 unspecified atom stereocenters. The van der Waals surface area contributed by atoms with Gasteiger partial charge in [0.2, 0.25) is 0 Å². The predicted octanol–water partition coefficient (Wildman–Crippen LogP) is 2.36. The van der Waals surface area contributed by atoms with E-state index in [1.54, 1.807) is 0 Å². The van der Waals surface area contributed by atoms with Crippen LogP contribution >= 0.6 is 0 Å². The van der Waals surface area contributed by atoms with Crippen LogP contribution in [0.15, 0.2) is 12.2 Å². The van der Waals surface area contributed by atoms with Crippen molar-refractivity contribution in [1.29, 1.82) is 0 Å². The highest BCUT2D eigenvalue weighted by Gasteiger charge is 2.26. The number of aliphatic hydroxyl groups excluding tert-OH is 1. The summed E-state index contributed by atoms with van der Waals surface area (Å²) in [5.74, 6) is 1.06. The molecule has 0 saturated heterocycles. The molecule has 1 nitrogen and oxygen atoms in total. The van der Waals surface area contributed by atoms with Gasteiger partial charge in [0.05, 0.1) is 6.10 Å². The van der Waals surface area contributed by atoms with Crippen LogP contribution in [-0.4, -0.2) is 11.2 Å². The summed E-state index contributed by atoms with van der Waals surface area (Å²) in [6.07, 6.45) is 3.19. The van der Waals surface area contributed by atoms with Gasteiger partial charge in [-0.25, -0.2) is 0 Å². The molecule has 0 aromatic carbocycles. The van der Waals surface area contributed by atoms with Gasteiger partial charge in [-0.2, -0.15) is 0 Å². The molecule has 11 heavy (non-hydrogen) atoms. The van der Waals surface area contributed by atoms with E-state index in [0.717, 1.165) is 18.4 Å². The van der Waals surface area contributed by atoms with Gasteiger partial charge in [-0.15, -0.1) is 0 Å². The third-order valence-corrected chi connectivity index (χ3v) is 2.71. The van der Waals surface area contributed by atoms with Gasteiger partial charge >= 0.3 is 0 Å². The van der Waals surface area contributed by atoms with Crippen molar-refractivity contribution in [2.45, 2.75) is 39.2 Å². The van der Waals surface area contributed by atoms with Crippen LogP contribution in [0.5, 0.6) is 0 Å². The quantitative estimate of drug-likeness (QED) is 0.575. The lowest BCUT2D eigenvalue weighted by Crippen LogP contribution is -2.28. The van der Waals surface area contributed by atoms with Crippen molar-refractivity contribution in [2.24, 2.45) is 11.8 Å². The summed E-state index contributed by atoms with van der Waals surface area (Å²) in [7, 11) is 0. The summed E-state index contributed by atoms with van der Waals surface area (Å²) >= 11 is 0. The van der Waals surface area contributed by atoms with Gasteiger partial charge in [-0.05, 0) is 32.1 Å². The Kier molecular flexibility index (Phi) is 2.72. The second-order valence-electron chi connectivity index (χ2n) is 3.94. The molecule has 0 bridgehead atoms. The first-order valence-corrected chi connectivity index (χ1v) is 4.44. The summed E-state index contributed by atoms with van der Waals surface area (Å²) in [5, 5.41) is 9.65. The van der Waals surface area contributed by atoms with Crippen LogP contribution in [0.2, 0.25) is 0 Å². The summed E-state index contributed by atoms with van der Waals surface area (Å²) in [6, 6.07) is 0. The zero-order valence-electron chi connectivity index (χ0n) is 7.51. The van der Waals surface area contributed by atoms with Crippen LogP contribution in [0.3, 0.4) is 0 Å². The molecule has 0 radical (unpaired) electrons. The molecule has 0 aromatic heterocycles. The fraction of sp³-hybridized carbons (Fsp3) is 0.800. The van der Waals surface area contributed by atoms with E-state index in [9.17, 15) is 5.11 Å². The molecule has 0 heterocycles. The van der Waals surface area contributed by atoms with Crippen LogP contribution in [0.25, 0.3) is 0 Å². The minimum absolute atomic E-state index is 0.128. The van der Waals surface area contributed by atoms with Gasteiger partial charge in [-0.3, -0.25) is 0 Å². The van der Waals surface area contributed by atoms with E-state index in [-0.39, 0.29) is 6.10 Å². The number of rotatable bonds is 1. The smallest absolute Gasteiger partial charge is 0.0607 e. The SMILES string of the molecule is C=C(C)[C@@H]1CC[C@@H](C)CC1O. The molecule has 64 valence electrons. The molecular weight excluding hydrogens is 136 g/mol. The third-order valence-electron chi connectivity index (χ3n) is 2.71. The highest BCUT2D eigenvalue weighted by Crippen LogP contribution is 2.32. The van der Waals surface area contributed by atoms with Crippen LogP contribution < -0.4 is 0 Å². The fourth-order valence-corrected chi connectivity index (χ4v) is 1.93. The maximum absolute atomic E-state index is 9.65. The van der Waals surface area contributed by atoms with E-state index in [0.29, 0.717) is 11.8 Å². The largest absolute Gasteiger partial charge is 0.392 e. The monoisotopic (exact) mass is 154 g/mol. The third kappa shape index (κ3) is 2.06. The first-order chi connectivity index (χ1) is 5.11. The Hall–Kier alpha value is -0.300. The molecule has 1 fully saturated rings. The van der Waals surface area contributed by atoms with Crippen molar-refractivity contribution in [2.75, 3.05) is 0 Å². The number of aliphatic hydroxyl groups is 1. The van der Waals surface area contributed by atoms with Crippen LogP contribution in [0, 0.1) is 11.8 Å². The van der Waals surface area contributed by atoms with Crippen molar-refractivity contribution < 1.29 is 5.11 Å². The standard InChI is InChI=1S/C10H18O/c1-7(2)9-5-4-8(3)6-10(9)11/h8-11H,1,4-6H2,2-3H3/t8-,9+,10?/m1/s1. The number of hydrogen-bond donors (Lipinski definition) is 1. The van der Waals surface area contributed by atoms with E-state index < -0.39 is 0 Å². The van der Waals surface area contributed by atoms with Crippen molar-refractivity contribution in [3.8, 4) is 0 Å². The zero-order valence-corrected chi connectivity index (χ0v) is 7.51. The first-order valence-electron chi connectivity index (χ1n) is 4.44. The minimum Gasteiger partial charge on any atom is -0.392 e. The summed E-state index contributed by atoms with van der Waals surface area (Å²) in [6.45, 7) is 8.12. The van der Waals surface area contributed by atoms with E-state index in [1.165, 1.54) is 6.42 Å². The molecule has 1 aliphatic rings. The Morgan fingerprint density at radius 3 is 2.55 bits per heavy atom. The van der Waals surface area contributed by atoms with E-state index in [4.69, 9.17) is 0 Å². The maximum atomic E-state index is 9.65. The topological polar surface area (TPSA) is 20.2 Å². The second kappa shape index (κ2) is 3.40. The minimum atomic E-state index is -0.128. The lowest BCUT2D eigenvalue weighted by atomic mass is 9.78. The Bertz CT molecular complexity index is 151. The maximum Gasteiger partial charge on any atom is 0.0607 e. The average molecular weight is 154 g/mol. The average Bonchev–Trinajstić information content (AvgIpc) is 1.85. The summed E-state index contributed by atoms with van der Waals surface area (Å²) < 4.78 is 0. The molecule has 0 aromatic rings. The Morgan fingerprint density at radius 1 is 1.45 bits per heavy atom. The van der Waals surface area contributed by atoms with Crippen LogP contribution in [-0.2, 0) is 0 Å². The molecule has 0 amide bonds. The van der Waals surface area contributed by atoms with Gasteiger partial charge < -0.3 is 5.11 Å². The molecule has 1 saturated carbocycles. The van der Waals surface area contributed by atoms with Gasteiger partial charge in [0.15, 0.2) is 0 Å². The molecule has 0 spiro atoms. The van der Waals surface area contributed by atoms with E-state index in [1.807, 2.05) is 6.92 Å². The van der Waals surface area contributed by atoms with Crippen LogP contribution in [0.1, 0.15) is 33.1 Å². The van der Waals surface area contributed by atoms with Crippen molar-refractivity contribution in [3.63, 3.8) is 0 Å². The normalized spacial score (nSPS) is 38.6. The van der Waals surface area contributed by atoms with Crippen LogP contribution in [0.4, 0.5) is 0 Å². The summed E-state index contributed by atoms with van der Waals surface area (Å²) in [5.41, 5.74) is 1.14. The zero-order chi connectivity index (χ0) is 8.43. The van der Waals surface area contributed by atoms with Gasteiger partial charge in [0.25, 0.3) is 0 Å². The Morgan fingerprint density at radius 2 is 2.09 bits per heavy atom. The first kappa shape index (κ1) is 8.79. The molecular formula is C10H18O. The van der Waals surface area contributed by atoms with Crippen molar-refractivity contribution in [1.82, 2.24) is 0 Å². The van der Waals surface area contributed by atoms with E-state index >= 15 is 0 Å². The molecule has 1 aliphatic carbocycles. The Labute approximate surface area is 69.1 Å². The Balaban J connectivity index is 2.50.